The largest absolute Gasteiger partial charge is 0.329 e. The zero-order chi connectivity index (χ0) is 14.7. The molecule has 2 N–H and O–H groups in total. The van der Waals surface area contributed by atoms with Crippen molar-refractivity contribution in [2.24, 2.45) is 5.73 Å². The van der Waals surface area contributed by atoms with Crippen LogP contribution in [0.25, 0.3) is 0 Å². The van der Waals surface area contributed by atoms with Crippen LogP contribution in [0, 0.1) is 0 Å². The maximum absolute atomic E-state index is 6.26. The van der Waals surface area contributed by atoms with Gasteiger partial charge in [0.2, 0.25) is 0 Å². The Morgan fingerprint density at radius 3 is 2.38 bits per heavy atom. The minimum absolute atomic E-state index is 0.304. The van der Waals surface area contributed by atoms with E-state index in [1.165, 1.54) is 84.3 Å². The Bertz CT molecular complexity index is 319. The van der Waals surface area contributed by atoms with Gasteiger partial charge in [0.1, 0.15) is 0 Å². The molecule has 4 nitrogen and oxygen atoms in total. The molecule has 21 heavy (non-hydrogen) atoms. The fourth-order valence-electron chi connectivity index (χ4n) is 4.74. The van der Waals surface area contributed by atoms with Crippen LogP contribution in [-0.4, -0.2) is 78.6 Å². The zero-order valence-electron chi connectivity index (χ0n) is 13.9. The summed E-state index contributed by atoms with van der Waals surface area (Å²) >= 11 is 0. The number of nitrogens with two attached hydrogens (primary N) is 1. The second-order valence-electron chi connectivity index (χ2n) is 7.40. The highest BCUT2D eigenvalue weighted by molar-refractivity contribution is 5.00. The molecule has 3 saturated heterocycles. The van der Waals surface area contributed by atoms with Gasteiger partial charge >= 0.3 is 0 Å². The van der Waals surface area contributed by atoms with Crippen molar-refractivity contribution in [3.8, 4) is 0 Å². The van der Waals surface area contributed by atoms with Crippen molar-refractivity contribution in [2.45, 2.75) is 57.0 Å². The molecule has 0 spiro atoms. The molecule has 3 aliphatic heterocycles. The van der Waals surface area contributed by atoms with Gasteiger partial charge in [-0.3, -0.25) is 9.80 Å². The summed E-state index contributed by atoms with van der Waals surface area (Å²) in [5, 5.41) is 0. The topological polar surface area (TPSA) is 35.7 Å². The quantitative estimate of drug-likeness (QED) is 0.830. The van der Waals surface area contributed by atoms with Crippen molar-refractivity contribution >= 4 is 0 Å². The van der Waals surface area contributed by atoms with Gasteiger partial charge < -0.3 is 10.6 Å². The molecule has 3 heterocycles. The molecule has 0 amide bonds. The Labute approximate surface area is 130 Å². The van der Waals surface area contributed by atoms with E-state index in [9.17, 15) is 0 Å². The van der Waals surface area contributed by atoms with Crippen molar-refractivity contribution in [2.75, 3.05) is 52.4 Å². The molecule has 0 aliphatic carbocycles. The van der Waals surface area contributed by atoms with Gasteiger partial charge in [-0.25, -0.2) is 0 Å². The summed E-state index contributed by atoms with van der Waals surface area (Å²) in [6, 6.07) is 0.810. The van der Waals surface area contributed by atoms with Crippen LogP contribution in [0.1, 0.15) is 45.4 Å². The highest BCUT2D eigenvalue weighted by atomic mass is 15.3. The van der Waals surface area contributed by atoms with Crippen LogP contribution in [0.2, 0.25) is 0 Å². The summed E-state index contributed by atoms with van der Waals surface area (Å²) < 4.78 is 0. The van der Waals surface area contributed by atoms with E-state index in [1.54, 1.807) is 0 Å². The molecule has 0 aromatic heterocycles. The molecular weight excluding hydrogens is 260 g/mol. The van der Waals surface area contributed by atoms with Gasteiger partial charge in [-0.2, -0.15) is 0 Å². The van der Waals surface area contributed by atoms with Gasteiger partial charge in [0.05, 0.1) is 0 Å². The number of hydrogen-bond acceptors (Lipinski definition) is 4. The molecule has 0 bridgehead atoms. The van der Waals surface area contributed by atoms with Crippen LogP contribution >= 0.6 is 0 Å². The SMILES string of the molecule is CCCN1CCC(CN)(N2CCC(N3CCCC3)C2)CC1. The summed E-state index contributed by atoms with van der Waals surface area (Å²) in [4.78, 5) is 8.12. The van der Waals surface area contributed by atoms with Crippen molar-refractivity contribution in [3.63, 3.8) is 0 Å². The van der Waals surface area contributed by atoms with Crippen molar-refractivity contribution in [3.05, 3.63) is 0 Å². The maximum Gasteiger partial charge on any atom is 0.0356 e. The summed E-state index contributed by atoms with van der Waals surface area (Å²) in [7, 11) is 0. The molecule has 3 fully saturated rings. The molecule has 1 atom stereocenters. The van der Waals surface area contributed by atoms with E-state index in [2.05, 4.69) is 21.6 Å². The fraction of sp³-hybridized carbons (Fsp3) is 1.00. The minimum atomic E-state index is 0.304. The highest BCUT2D eigenvalue weighted by Gasteiger charge is 2.42. The molecule has 4 heteroatoms. The Hall–Kier alpha value is -0.160. The smallest absolute Gasteiger partial charge is 0.0356 e. The van der Waals surface area contributed by atoms with Crippen molar-refractivity contribution < 1.29 is 0 Å². The molecule has 0 radical (unpaired) electrons. The summed E-state index contributed by atoms with van der Waals surface area (Å²) in [5.74, 6) is 0. The lowest BCUT2D eigenvalue weighted by atomic mass is 9.85. The van der Waals surface area contributed by atoms with E-state index in [1.807, 2.05) is 0 Å². The standard InChI is InChI=1S/C17H34N4/c1-2-8-19-12-6-17(15-18,7-13-19)21-11-5-16(14-21)20-9-3-4-10-20/h16H,2-15,18H2,1H3. The predicted molar refractivity (Wildman–Crippen MR) is 88.5 cm³/mol. The van der Waals surface area contributed by atoms with Crippen LogP contribution in [-0.2, 0) is 0 Å². The van der Waals surface area contributed by atoms with Crippen LogP contribution < -0.4 is 5.73 Å². The number of nitrogens with zero attached hydrogens (tertiary/aromatic N) is 3. The van der Waals surface area contributed by atoms with Gasteiger partial charge in [-0.15, -0.1) is 0 Å². The first-order valence-corrected chi connectivity index (χ1v) is 9.19. The second kappa shape index (κ2) is 6.95. The average Bonchev–Trinajstić information content (AvgIpc) is 3.20. The van der Waals surface area contributed by atoms with Crippen LogP contribution in [0.4, 0.5) is 0 Å². The third-order valence-electron chi connectivity index (χ3n) is 6.20. The van der Waals surface area contributed by atoms with E-state index in [0.29, 0.717) is 5.54 Å². The Morgan fingerprint density at radius 1 is 1.05 bits per heavy atom. The van der Waals surface area contributed by atoms with Gasteiger partial charge in [0, 0.05) is 31.2 Å². The van der Waals surface area contributed by atoms with E-state index < -0.39 is 0 Å². The first kappa shape index (κ1) is 15.7. The van der Waals surface area contributed by atoms with E-state index in [4.69, 9.17) is 5.73 Å². The molecule has 3 aliphatic rings. The van der Waals surface area contributed by atoms with Crippen molar-refractivity contribution in [1.29, 1.82) is 0 Å². The Kier molecular flexibility index (Phi) is 5.20. The van der Waals surface area contributed by atoms with Gasteiger partial charge in [-0.1, -0.05) is 6.92 Å². The third kappa shape index (κ3) is 3.29. The number of rotatable bonds is 5. The average molecular weight is 294 g/mol. The van der Waals surface area contributed by atoms with Crippen molar-refractivity contribution in [1.82, 2.24) is 14.7 Å². The summed E-state index contributed by atoms with van der Waals surface area (Å²) in [6.07, 6.45) is 8.00. The Balaban J connectivity index is 1.57. The molecule has 1 unspecified atom stereocenters. The third-order valence-corrected chi connectivity index (χ3v) is 6.20. The maximum atomic E-state index is 6.26. The first-order valence-electron chi connectivity index (χ1n) is 9.19. The first-order chi connectivity index (χ1) is 10.3. The van der Waals surface area contributed by atoms with Crippen LogP contribution in [0.3, 0.4) is 0 Å². The minimum Gasteiger partial charge on any atom is -0.329 e. The molecule has 3 rings (SSSR count). The van der Waals surface area contributed by atoms with Gasteiger partial charge in [0.25, 0.3) is 0 Å². The van der Waals surface area contributed by atoms with Crippen LogP contribution in [0.5, 0.6) is 0 Å². The van der Waals surface area contributed by atoms with Gasteiger partial charge in [-0.05, 0) is 71.2 Å². The monoisotopic (exact) mass is 294 g/mol. The summed E-state index contributed by atoms with van der Waals surface area (Å²) in [5.41, 5.74) is 6.57. The Morgan fingerprint density at radius 2 is 1.76 bits per heavy atom. The predicted octanol–water partition coefficient (Wildman–Crippen LogP) is 1.36. The van der Waals surface area contributed by atoms with E-state index >= 15 is 0 Å². The molecule has 0 saturated carbocycles. The number of piperidine rings is 1. The second-order valence-corrected chi connectivity index (χ2v) is 7.40. The fourth-order valence-corrected chi connectivity index (χ4v) is 4.74. The zero-order valence-corrected chi connectivity index (χ0v) is 13.9. The van der Waals surface area contributed by atoms with Crippen LogP contribution in [0.15, 0.2) is 0 Å². The summed E-state index contributed by atoms with van der Waals surface area (Å²) in [6.45, 7) is 12.1. The molecule has 0 aromatic carbocycles. The van der Waals surface area contributed by atoms with E-state index in [0.717, 1.165) is 12.6 Å². The van der Waals surface area contributed by atoms with E-state index in [-0.39, 0.29) is 0 Å². The lowest BCUT2D eigenvalue weighted by molar-refractivity contribution is 0.0386. The number of hydrogen-bond donors (Lipinski definition) is 1. The van der Waals surface area contributed by atoms with Gasteiger partial charge in [0.15, 0.2) is 0 Å². The number of likely N-dealkylation sites (tertiary alicyclic amines) is 3. The lowest BCUT2D eigenvalue weighted by Gasteiger charge is -2.47. The normalized spacial score (nSPS) is 32.0. The highest BCUT2D eigenvalue weighted by Crippen LogP contribution is 2.33. The molecule has 122 valence electrons. The molecular formula is C17H34N4. The lowest BCUT2D eigenvalue weighted by Crippen LogP contribution is -2.59. The molecule has 0 aromatic rings.